The SMILES string of the molecule is CCCCN(CC)c1ccc(N/C=C2/C(=O)Nc3cccc(F)c32)cc1. The van der Waals surface area contributed by atoms with Gasteiger partial charge in [-0.05, 0) is 49.7 Å². The molecule has 136 valence electrons. The Morgan fingerprint density at radius 3 is 2.62 bits per heavy atom. The van der Waals surface area contributed by atoms with Crippen LogP contribution in [0.15, 0.2) is 48.7 Å². The van der Waals surface area contributed by atoms with Crippen LogP contribution in [0.2, 0.25) is 0 Å². The molecule has 0 bridgehead atoms. The van der Waals surface area contributed by atoms with Gasteiger partial charge in [0.05, 0.1) is 11.3 Å². The van der Waals surface area contributed by atoms with E-state index in [0.29, 0.717) is 16.8 Å². The Labute approximate surface area is 153 Å². The molecule has 2 N–H and O–H groups in total. The smallest absolute Gasteiger partial charge is 0.257 e. The van der Waals surface area contributed by atoms with E-state index in [4.69, 9.17) is 0 Å². The van der Waals surface area contributed by atoms with E-state index in [0.717, 1.165) is 18.8 Å². The molecule has 1 amide bonds. The molecule has 5 heteroatoms. The molecule has 0 radical (unpaired) electrons. The Bertz CT molecular complexity index is 815. The number of carbonyl (C=O) groups is 1. The molecule has 1 aliphatic rings. The van der Waals surface area contributed by atoms with E-state index in [1.165, 1.54) is 24.6 Å². The summed E-state index contributed by atoms with van der Waals surface area (Å²) in [6.45, 7) is 6.35. The van der Waals surface area contributed by atoms with E-state index in [-0.39, 0.29) is 5.91 Å². The van der Waals surface area contributed by atoms with Crippen LogP contribution in [-0.4, -0.2) is 19.0 Å². The fourth-order valence-electron chi connectivity index (χ4n) is 3.09. The lowest BCUT2D eigenvalue weighted by Crippen LogP contribution is -2.23. The Morgan fingerprint density at radius 1 is 1.15 bits per heavy atom. The van der Waals surface area contributed by atoms with Gasteiger partial charge in [-0.2, -0.15) is 0 Å². The highest BCUT2D eigenvalue weighted by molar-refractivity contribution is 6.31. The highest BCUT2D eigenvalue weighted by Gasteiger charge is 2.27. The molecule has 0 unspecified atom stereocenters. The van der Waals surface area contributed by atoms with Gasteiger partial charge in [-0.3, -0.25) is 4.79 Å². The summed E-state index contributed by atoms with van der Waals surface area (Å²) < 4.78 is 14.1. The van der Waals surface area contributed by atoms with Crippen molar-refractivity contribution in [2.75, 3.05) is 28.6 Å². The average molecular weight is 353 g/mol. The van der Waals surface area contributed by atoms with Crippen LogP contribution in [0.3, 0.4) is 0 Å². The molecule has 3 rings (SSSR count). The minimum Gasteiger partial charge on any atom is -0.372 e. The maximum atomic E-state index is 14.1. The first kappa shape index (κ1) is 18.0. The number of halogens is 1. The summed E-state index contributed by atoms with van der Waals surface area (Å²) in [6, 6.07) is 12.7. The summed E-state index contributed by atoms with van der Waals surface area (Å²) in [7, 11) is 0. The second kappa shape index (κ2) is 8.04. The van der Waals surface area contributed by atoms with Gasteiger partial charge in [0, 0.05) is 36.2 Å². The van der Waals surface area contributed by atoms with Crippen molar-refractivity contribution in [2.24, 2.45) is 0 Å². The highest BCUT2D eigenvalue weighted by atomic mass is 19.1. The van der Waals surface area contributed by atoms with Crippen LogP contribution in [-0.2, 0) is 4.79 Å². The number of nitrogens with one attached hydrogen (secondary N) is 2. The number of hydrogen-bond acceptors (Lipinski definition) is 3. The lowest BCUT2D eigenvalue weighted by atomic mass is 10.1. The van der Waals surface area contributed by atoms with Crippen LogP contribution in [0.1, 0.15) is 32.3 Å². The standard InChI is InChI=1S/C21H24FN3O/c1-3-5-13-25(4-2)16-11-9-15(10-12-16)23-14-17-20-18(22)7-6-8-19(20)24-21(17)26/h6-12,14,23H,3-5,13H2,1-2H3,(H,24,26)/b17-14+. The number of hydrogen-bond donors (Lipinski definition) is 2. The van der Waals surface area contributed by atoms with Gasteiger partial charge in [0.15, 0.2) is 0 Å². The summed E-state index contributed by atoms with van der Waals surface area (Å²) in [5, 5.41) is 5.79. The molecule has 2 aromatic carbocycles. The monoisotopic (exact) mass is 353 g/mol. The molecule has 0 saturated heterocycles. The van der Waals surface area contributed by atoms with Gasteiger partial charge in [0.25, 0.3) is 5.91 Å². The molecule has 0 aromatic heterocycles. The zero-order valence-corrected chi connectivity index (χ0v) is 15.2. The number of carbonyl (C=O) groups excluding carboxylic acids is 1. The maximum absolute atomic E-state index is 14.1. The molecule has 1 aliphatic heterocycles. The van der Waals surface area contributed by atoms with E-state index in [1.54, 1.807) is 18.3 Å². The van der Waals surface area contributed by atoms with Gasteiger partial charge in [0.1, 0.15) is 5.82 Å². The summed E-state index contributed by atoms with van der Waals surface area (Å²) in [4.78, 5) is 14.4. The lowest BCUT2D eigenvalue weighted by molar-refractivity contribution is -0.110. The van der Waals surface area contributed by atoms with Crippen LogP contribution >= 0.6 is 0 Å². The summed E-state index contributed by atoms with van der Waals surface area (Å²) in [5.74, 6) is -0.704. The van der Waals surface area contributed by atoms with E-state index in [9.17, 15) is 9.18 Å². The van der Waals surface area contributed by atoms with Crippen molar-refractivity contribution in [2.45, 2.75) is 26.7 Å². The molecule has 0 aliphatic carbocycles. The van der Waals surface area contributed by atoms with Gasteiger partial charge in [0.2, 0.25) is 0 Å². The van der Waals surface area contributed by atoms with E-state index >= 15 is 0 Å². The topological polar surface area (TPSA) is 44.4 Å². The molecule has 2 aromatic rings. The zero-order chi connectivity index (χ0) is 18.5. The Hall–Kier alpha value is -2.82. The van der Waals surface area contributed by atoms with Crippen molar-refractivity contribution < 1.29 is 9.18 Å². The second-order valence-electron chi connectivity index (χ2n) is 6.30. The lowest BCUT2D eigenvalue weighted by Gasteiger charge is -2.23. The second-order valence-corrected chi connectivity index (χ2v) is 6.30. The molecule has 0 fully saturated rings. The number of benzene rings is 2. The van der Waals surface area contributed by atoms with E-state index < -0.39 is 5.82 Å². The van der Waals surface area contributed by atoms with Crippen LogP contribution in [0.25, 0.3) is 5.57 Å². The van der Waals surface area contributed by atoms with Crippen molar-refractivity contribution >= 4 is 28.5 Å². The van der Waals surface area contributed by atoms with Gasteiger partial charge < -0.3 is 15.5 Å². The number of amides is 1. The first-order valence-electron chi connectivity index (χ1n) is 9.06. The molecule has 1 heterocycles. The van der Waals surface area contributed by atoms with Gasteiger partial charge in [-0.1, -0.05) is 19.4 Å². The van der Waals surface area contributed by atoms with Crippen LogP contribution in [0.4, 0.5) is 21.5 Å². The van der Waals surface area contributed by atoms with Crippen LogP contribution in [0, 0.1) is 5.82 Å². The van der Waals surface area contributed by atoms with Crippen LogP contribution in [0.5, 0.6) is 0 Å². The fourth-order valence-corrected chi connectivity index (χ4v) is 3.09. The molecule has 26 heavy (non-hydrogen) atoms. The maximum Gasteiger partial charge on any atom is 0.257 e. The summed E-state index contributed by atoms with van der Waals surface area (Å²) >= 11 is 0. The Kier molecular flexibility index (Phi) is 5.56. The average Bonchev–Trinajstić information content (AvgIpc) is 2.98. The molecule has 0 atom stereocenters. The Balaban J connectivity index is 1.74. The number of anilines is 3. The zero-order valence-electron chi connectivity index (χ0n) is 15.2. The van der Waals surface area contributed by atoms with Crippen molar-refractivity contribution in [3.05, 3.63) is 60.0 Å². The highest BCUT2D eigenvalue weighted by Crippen LogP contribution is 2.33. The molecule has 4 nitrogen and oxygen atoms in total. The predicted octanol–water partition coefficient (Wildman–Crippen LogP) is 4.86. The third kappa shape index (κ3) is 3.72. The third-order valence-corrected chi connectivity index (χ3v) is 4.55. The van der Waals surface area contributed by atoms with Crippen molar-refractivity contribution in [1.82, 2.24) is 0 Å². The Morgan fingerprint density at radius 2 is 1.92 bits per heavy atom. The normalized spacial score (nSPS) is 14.3. The van der Waals surface area contributed by atoms with Gasteiger partial charge in [-0.15, -0.1) is 0 Å². The minimum absolute atomic E-state index is 0.300. The first-order chi connectivity index (χ1) is 12.6. The van der Waals surface area contributed by atoms with E-state index in [1.807, 2.05) is 12.1 Å². The number of fused-ring (bicyclic) bond motifs is 1. The quantitative estimate of drug-likeness (QED) is 0.699. The number of nitrogens with zero attached hydrogens (tertiary/aromatic N) is 1. The van der Waals surface area contributed by atoms with Crippen molar-refractivity contribution in [3.63, 3.8) is 0 Å². The fraction of sp³-hybridized carbons (Fsp3) is 0.286. The van der Waals surface area contributed by atoms with Crippen molar-refractivity contribution in [3.8, 4) is 0 Å². The molecular formula is C21H24FN3O. The first-order valence-corrected chi connectivity index (χ1v) is 9.06. The summed E-state index contributed by atoms with van der Waals surface area (Å²) in [5.41, 5.74) is 3.16. The van der Waals surface area contributed by atoms with Crippen molar-refractivity contribution in [1.29, 1.82) is 0 Å². The number of unbranched alkanes of at least 4 members (excludes halogenated alkanes) is 1. The number of rotatable bonds is 7. The minimum atomic E-state index is -0.404. The van der Waals surface area contributed by atoms with Gasteiger partial charge >= 0.3 is 0 Å². The largest absolute Gasteiger partial charge is 0.372 e. The van der Waals surface area contributed by atoms with Gasteiger partial charge in [-0.25, -0.2) is 4.39 Å². The predicted molar refractivity (Wildman–Crippen MR) is 106 cm³/mol. The van der Waals surface area contributed by atoms with E-state index in [2.05, 4.69) is 41.5 Å². The van der Waals surface area contributed by atoms with Crippen LogP contribution < -0.4 is 15.5 Å². The summed E-state index contributed by atoms with van der Waals surface area (Å²) in [6.07, 6.45) is 3.90. The molecule has 0 spiro atoms. The third-order valence-electron chi connectivity index (χ3n) is 4.55. The molecule has 0 saturated carbocycles. The molecular weight excluding hydrogens is 329 g/mol.